The molecule has 1 aliphatic heterocycles. The summed E-state index contributed by atoms with van der Waals surface area (Å²) in [6, 6.07) is 0. The Balaban J connectivity index is 1.94. The predicted octanol–water partition coefficient (Wildman–Crippen LogP) is 3.48. The zero-order valence-electron chi connectivity index (χ0n) is 13.0. The molecule has 0 saturated carbocycles. The standard InChI is InChI=1S/C16H31NO2/c1-14(2)13-16(18)19-12-6-7-15(3)8-11-17-9-4-5-10-17/h14-15H,4-13H2,1-3H3. The van der Waals surface area contributed by atoms with Crippen molar-refractivity contribution >= 4 is 5.97 Å². The van der Waals surface area contributed by atoms with E-state index in [0.717, 1.165) is 12.3 Å². The van der Waals surface area contributed by atoms with Crippen LogP contribution in [0.3, 0.4) is 0 Å². The van der Waals surface area contributed by atoms with E-state index in [0.29, 0.717) is 18.9 Å². The van der Waals surface area contributed by atoms with Crippen LogP contribution in [0.1, 0.15) is 59.3 Å². The second-order valence-corrected chi connectivity index (χ2v) is 6.40. The Hall–Kier alpha value is -0.570. The first-order chi connectivity index (χ1) is 9.08. The van der Waals surface area contributed by atoms with E-state index in [4.69, 9.17) is 4.74 Å². The third-order valence-corrected chi connectivity index (χ3v) is 3.82. The van der Waals surface area contributed by atoms with Gasteiger partial charge in [0.2, 0.25) is 0 Å². The molecule has 3 nitrogen and oxygen atoms in total. The van der Waals surface area contributed by atoms with E-state index in [-0.39, 0.29) is 5.97 Å². The van der Waals surface area contributed by atoms with E-state index in [1.54, 1.807) is 0 Å². The van der Waals surface area contributed by atoms with E-state index < -0.39 is 0 Å². The minimum atomic E-state index is -0.0419. The molecule has 3 heteroatoms. The molecule has 1 atom stereocenters. The number of esters is 1. The lowest BCUT2D eigenvalue weighted by Crippen LogP contribution is -2.22. The van der Waals surface area contributed by atoms with Crippen LogP contribution in [-0.4, -0.2) is 37.1 Å². The van der Waals surface area contributed by atoms with Gasteiger partial charge in [0.15, 0.2) is 0 Å². The highest BCUT2D eigenvalue weighted by molar-refractivity contribution is 5.69. The van der Waals surface area contributed by atoms with E-state index >= 15 is 0 Å². The first-order valence-electron chi connectivity index (χ1n) is 7.96. The second kappa shape index (κ2) is 9.35. The largest absolute Gasteiger partial charge is 0.466 e. The summed E-state index contributed by atoms with van der Waals surface area (Å²) in [6.45, 7) is 10.8. The number of hydrogen-bond acceptors (Lipinski definition) is 3. The van der Waals surface area contributed by atoms with Gasteiger partial charge in [-0.2, -0.15) is 0 Å². The average Bonchev–Trinajstić information content (AvgIpc) is 2.84. The molecule has 19 heavy (non-hydrogen) atoms. The Morgan fingerprint density at radius 1 is 1.16 bits per heavy atom. The molecule has 0 spiro atoms. The van der Waals surface area contributed by atoms with Gasteiger partial charge in [-0.05, 0) is 63.6 Å². The predicted molar refractivity (Wildman–Crippen MR) is 79.1 cm³/mol. The highest BCUT2D eigenvalue weighted by Crippen LogP contribution is 2.14. The molecule has 1 heterocycles. The quantitative estimate of drug-likeness (QED) is 0.474. The van der Waals surface area contributed by atoms with Gasteiger partial charge in [0.05, 0.1) is 6.61 Å². The maximum atomic E-state index is 11.4. The van der Waals surface area contributed by atoms with Crippen LogP contribution in [0, 0.1) is 11.8 Å². The lowest BCUT2D eigenvalue weighted by atomic mass is 10.0. The number of carbonyl (C=O) groups excluding carboxylic acids is 1. The van der Waals surface area contributed by atoms with Crippen LogP contribution in [0.2, 0.25) is 0 Å². The number of hydrogen-bond donors (Lipinski definition) is 0. The average molecular weight is 269 g/mol. The molecule has 1 rings (SSSR count). The third kappa shape index (κ3) is 8.25. The molecule has 0 radical (unpaired) electrons. The lowest BCUT2D eigenvalue weighted by molar-refractivity contribution is -0.144. The molecule has 1 aliphatic rings. The van der Waals surface area contributed by atoms with Crippen molar-refractivity contribution in [2.24, 2.45) is 11.8 Å². The number of rotatable bonds is 9. The monoisotopic (exact) mass is 269 g/mol. The van der Waals surface area contributed by atoms with Crippen molar-refractivity contribution in [2.75, 3.05) is 26.2 Å². The molecule has 0 aliphatic carbocycles. The van der Waals surface area contributed by atoms with E-state index in [1.165, 1.54) is 45.3 Å². The number of likely N-dealkylation sites (tertiary alicyclic amines) is 1. The van der Waals surface area contributed by atoms with Crippen LogP contribution in [0.25, 0.3) is 0 Å². The van der Waals surface area contributed by atoms with E-state index in [9.17, 15) is 4.79 Å². The number of nitrogens with zero attached hydrogens (tertiary/aromatic N) is 1. The zero-order chi connectivity index (χ0) is 14.1. The van der Waals surface area contributed by atoms with Gasteiger partial charge in [-0.25, -0.2) is 0 Å². The Morgan fingerprint density at radius 3 is 2.47 bits per heavy atom. The van der Waals surface area contributed by atoms with Crippen LogP contribution < -0.4 is 0 Å². The second-order valence-electron chi connectivity index (χ2n) is 6.40. The first kappa shape index (κ1) is 16.5. The summed E-state index contributed by atoms with van der Waals surface area (Å²) < 4.78 is 5.23. The summed E-state index contributed by atoms with van der Waals surface area (Å²) in [5.41, 5.74) is 0. The minimum Gasteiger partial charge on any atom is -0.466 e. The summed E-state index contributed by atoms with van der Waals surface area (Å²) in [5, 5.41) is 0. The minimum absolute atomic E-state index is 0.0419. The number of carbonyl (C=O) groups is 1. The molecule has 0 aromatic carbocycles. The molecule has 1 fully saturated rings. The molecule has 0 amide bonds. The lowest BCUT2D eigenvalue weighted by Gasteiger charge is -2.18. The zero-order valence-corrected chi connectivity index (χ0v) is 13.0. The maximum Gasteiger partial charge on any atom is 0.306 e. The van der Waals surface area contributed by atoms with Crippen LogP contribution in [-0.2, 0) is 9.53 Å². The van der Waals surface area contributed by atoms with Gasteiger partial charge >= 0.3 is 5.97 Å². The van der Waals surface area contributed by atoms with Gasteiger partial charge in [0.25, 0.3) is 0 Å². The smallest absolute Gasteiger partial charge is 0.306 e. The molecule has 1 saturated heterocycles. The highest BCUT2D eigenvalue weighted by Gasteiger charge is 2.12. The van der Waals surface area contributed by atoms with Crippen molar-refractivity contribution in [1.82, 2.24) is 4.90 Å². The molecule has 1 unspecified atom stereocenters. The van der Waals surface area contributed by atoms with Crippen molar-refractivity contribution < 1.29 is 9.53 Å². The normalized spacial score (nSPS) is 17.9. The fourth-order valence-electron chi connectivity index (χ4n) is 2.56. The van der Waals surface area contributed by atoms with E-state index in [1.807, 2.05) is 13.8 Å². The van der Waals surface area contributed by atoms with Crippen LogP contribution in [0.15, 0.2) is 0 Å². The molecule has 0 aromatic rings. The number of ether oxygens (including phenoxy) is 1. The molecule has 0 bridgehead atoms. The van der Waals surface area contributed by atoms with Gasteiger partial charge in [-0.3, -0.25) is 4.79 Å². The first-order valence-corrected chi connectivity index (χ1v) is 7.96. The van der Waals surface area contributed by atoms with Gasteiger partial charge in [-0.1, -0.05) is 20.8 Å². The van der Waals surface area contributed by atoms with Gasteiger partial charge in [0.1, 0.15) is 0 Å². The van der Waals surface area contributed by atoms with Crippen molar-refractivity contribution in [3.8, 4) is 0 Å². The van der Waals surface area contributed by atoms with Crippen LogP contribution in [0.5, 0.6) is 0 Å². The van der Waals surface area contributed by atoms with Crippen molar-refractivity contribution in [3.63, 3.8) is 0 Å². The van der Waals surface area contributed by atoms with Crippen LogP contribution in [0.4, 0.5) is 0 Å². The molecular weight excluding hydrogens is 238 g/mol. The van der Waals surface area contributed by atoms with Crippen molar-refractivity contribution in [3.05, 3.63) is 0 Å². The van der Waals surface area contributed by atoms with Gasteiger partial charge in [0, 0.05) is 6.42 Å². The topological polar surface area (TPSA) is 29.5 Å². The Labute approximate surface area is 118 Å². The van der Waals surface area contributed by atoms with Gasteiger partial charge in [-0.15, -0.1) is 0 Å². The SMILES string of the molecule is CC(C)CC(=O)OCCCC(C)CCN1CCCC1. The fraction of sp³-hybridized carbons (Fsp3) is 0.938. The summed E-state index contributed by atoms with van der Waals surface area (Å²) in [7, 11) is 0. The summed E-state index contributed by atoms with van der Waals surface area (Å²) in [6.07, 6.45) is 6.75. The maximum absolute atomic E-state index is 11.4. The Bertz CT molecular complexity index is 247. The van der Waals surface area contributed by atoms with Crippen LogP contribution >= 0.6 is 0 Å². The summed E-state index contributed by atoms with van der Waals surface area (Å²) in [5.74, 6) is 1.09. The Morgan fingerprint density at radius 2 is 1.84 bits per heavy atom. The molecule has 0 aromatic heterocycles. The van der Waals surface area contributed by atoms with Crippen molar-refractivity contribution in [2.45, 2.75) is 59.3 Å². The Kier molecular flexibility index (Phi) is 8.11. The fourth-order valence-corrected chi connectivity index (χ4v) is 2.56. The molecule has 112 valence electrons. The van der Waals surface area contributed by atoms with Gasteiger partial charge < -0.3 is 9.64 Å². The summed E-state index contributed by atoms with van der Waals surface area (Å²) in [4.78, 5) is 13.9. The van der Waals surface area contributed by atoms with Crippen molar-refractivity contribution in [1.29, 1.82) is 0 Å². The third-order valence-electron chi connectivity index (χ3n) is 3.82. The molecule has 0 N–H and O–H groups in total. The highest BCUT2D eigenvalue weighted by atomic mass is 16.5. The molecular formula is C16H31NO2. The summed E-state index contributed by atoms with van der Waals surface area (Å²) >= 11 is 0. The van der Waals surface area contributed by atoms with E-state index in [2.05, 4.69) is 11.8 Å².